The molecule has 0 atom stereocenters. The van der Waals surface area contributed by atoms with Crippen molar-refractivity contribution in [3.63, 3.8) is 0 Å². The standard InChI is InChI=1S/C23H19FN4O2/c24-18-10-8-16(9-11-18)12-14-26-22(29)20-23(30)28(15-17-5-2-1-3-6-17)21-19(27-20)7-4-13-25-21/h1-11,13H,12,14-15H2,(H,26,29). The summed E-state index contributed by atoms with van der Waals surface area (Å²) in [6, 6.07) is 19.0. The average molecular weight is 402 g/mol. The fraction of sp³-hybridized carbons (Fsp3) is 0.130. The second kappa shape index (κ2) is 8.65. The molecule has 0 bridgehead atoms. The molecule has 4 rings (SSSR count). The van der Waals surface area contributed by atoms with E-state index in [2.05, 4.69) is 15.3 Å². The molecule has 0 aliphatic heterocycles. The summed E-state index contributed by atoms with van der Waals surface area (Å²) in [5, 5.41) is 2.73. The third-order valence-corrected chi connectivity index (χ3v) is 4.71. The maximum atomic E-state index is 13.1. The number of carbonyl (C=O) groups excluding carboxylic acids is 1. The minimum atomic E-state index is -0.547. The van der Waals surface area contributed by atoms with Crippen LogP contribution in [-0.4, -0.2) is 27.0 Å². The first-order chi connectivity index (χ1) is 14.6. The minimum absolute atomic E-state index is 0.175. The number of nitrogens with zero attached hydrogens (tertiary/aromatic N) is 3. The highest BCUT2D eigenvalue weighted by Gasteiger charge is 2.18. The third kappa shape index (κ3) is 4.25. The first-order valence-electron chi connectivity index (χ1n) is 9.54. The zero-order valence-corrected chi connectivity index (χ0v) is 16.1. The van der Waals surface area contributed by atoms with Gasteiger partial charge in [0.05, 0.1) is 6.54 Å². The van der Waals surface area contributed by atoms with Crippen LogP contribution < -0.4 is 10.9 Å². The maximum absolute atomic E-state index is 13.1. The SMILES string of the molecule is O=C(NCCc1ccc(F)cc1)c1nc2cccnc2n(Cc2ccccc2)c1=O. The van der Waals surface area contributed by atoms with Gasteiger partial charge in [-0.05, 0) is 41.8 Å². The van der Waals surface area contributed by atoms with Crippen LogP contribution in [0.1, 0.15) is 21.6 Å². The molecule has 0 fully saturated rings. The maximum Gasteiger partial charge on any atom is 0.284 e. The first kappa shape index (κ1) is 19.4. The van der Waals surface area contributed by atoms with Crippen LogP contribution >= 0.6 is 0 Å². The van der Waals surface area contributed by atoms with E-state index in [0.717, 1.165) is 11.1 Å². The van der Waals surface area contributed by atoms with Gasteiger partial charge in [0.2, 0.25) is 0 Å². The predicted molar refractivity (Wildman–Crippen MR) is 112 cm³/mol. The predicted octanol–water partition coefficient (Wildman–Crippen LogP) is 2.95. The number of fused-ring (bicyclic) bond motifs is 1. The third-order valence-electron chi connectivity index (χ3n) is 4.71. The molecule has 1 amide bonds. The Bertz CT molecular complexity index is 1240. The normalized spacial score (nSPS) is 10.8. The van der Waals surface area contributed by atoms with Gasteiger partial charge >= 0.3 is 0 Å². The zero-order valence-electron chi connectivity index (χ0n) is 16.1. The molecule has 2 aromatic carbocycles. The van der Waals surface area contributed by atoms with Gasteiger partial charge in [-0.25, -0.2) is 14.4 Å². The van der Waals surface area contributed by atoms with Crippen molar-refractivity contribution in [3.8, 4) is 0 Å². The molecule has 0 saturated carbocycles. The molecule has 150 valence electrons. The molecule has 6 nitrogen and oxygen atoms in total. The molecule has 0 unspecified atom stereocenters. The molecule has 0 spiro atoms. The number of hydrogen-bond acceptors (Lipinski definition) is 4. The Labute approximate surface area is 172 Å². The van der Waals surface area contributed by atoms with E-state index in [-0.39, 0.29) is 18.1 Å². The van der Waals surface area contributed by atoms with E-state index in [1.807, 2.05) is 30.3 Å². The molecule has 4 aromatic rings. The van der Waals surface area contributed by atoms with Crippen LogP contribution in [0.15, 0.2) is 77.7 Å². The van der Waals surface area contributed by atoms with Gasteiger partial charge in [-0.15, -0.1) is 0 Å². The van der Waals surface area contributed by atoms with Crippen molar-refractivity contribution in [1.29, 1.82) is 0 Å². The van der Waals surface area contributed by atoms with E-state index in [9.17, 15) is 14.0 Å². The summed E-state index contributed by atoms with van der Waals surface area (Å²) in [5.74, 6) is -0.856. The highest BCUT2D eigenvalue weighted by molar-refractivity contribution is 5.93. The summed E-state index contributed by atoms with van der Waals surface area (Å²) in [5.41, 5.74) is 2.02. The molecule has 2 aromatic heterocycles. The number of rotatable bonds is 6. The van der Waals surface area contributed by atoms with Gasteiger partial charge in [0.1, 0.15) is 11.3 Å². The smallest absolute Gasteiger partial charge is 0.284 e. The van der Waals surface area contributed by atoms with Gasteiger partial charge in [0.15, 0.2) is 11.3 Å². The van der Waals surface area contributed by atoms with Crippen molar-refractivity contribution in [2.75, 3.05) is 6.54 Å². The van der Waals surface area contributed by atoms with Crippen LogP contribution in [0.5, 0.6) is 0 Å². The van der Waals surface area contributed by atoms with Crippen LogP contribution in [-0.2, 0) is 13.0 Å². The molecule has 1 N–H and O–H groups in total. The van der Waals surface area contributed by atoms with Crippen molar-refractivity contribution in [1.82, 2.24) is 19.9 Å². The number of nitrogens with one attached hydrogen (secondary N) is 1. The quantitative estimate of drug-likeness (QED) is 0.538. The van der Waals surface area contributed by atoms with Crippen LogP contribution in [0.2, 0.25) is 0 Å². The van der Waals surface area contributed by atoms with E-state index >= 15 is 0 Å². The van der Waals surface area contributed by atoms with Crippen LogP contribution in [0.25, 0.3) is 11.2 Å². The van der Waals surface area contributed by atoms with Crippen molar-refractivity contribution >= 4 is 17.1 Å². The summed E-state index contributed by atoms with van der Waals surface area (Å²) in [6.07, 6.45) is 2.10. The Morgan fingerprint density at radius 2 is 1.73 bits per heavy atom. The topological polar surface area (TPSA) is 76.9 Å². The molecular formula is C23H19FN4O2. The molecule has 30 heavy (non-hydrogen) atoms. The highest BCUT2D eigenvalue weighted by Crippen LogP contribution is 2.10. The van der Waals surface area contributed by atoms with Crippen molar-refractivity contribution in [3.05, 3.63) is 106 Å². The molecular weight excluding hydrogens is 383 g/mol. The molecule has 7 heteroatoms. The second-order valence-electron chi connectivity index (χ2n) is 6.82. The van der Waals surface area contributed by atoms with Crippen molar-refractivity contribution < 1.29 is 9.18 Å². The second-order valence-corrected chi connectivity index (χ2v) is 6.82. The lowest BCUT2D eigenvalue weighted by atomic mass is 10.1. The lowest BCUT2D eigenvalue weighted by molar-refractivity contribution is 0.0947. The van der Waals surface area contributed by atoms with Gasteiger partial charge in [-0.2, -0.15) is 0 Å². The number of pyridine rings is 1. The molecule has 0 aliphatic rings. The molecule has 0 aliphatic carbocycles. The van der Waals surface area contributed by atoms with E-state index in [1.165, 1.54) is 16.7 Å². The summed E-state index contributed by atoms with van der Waals surface area (Å²) < 4.78 is 14.5. The Morgan fingerprint density at radius 1 is 0.967 bits per heavy atom. The number of carbonyl (C=O) groups is 1. The molecule has 0 radical (unpaired) electrons. The monoisotopic (exact) mass is 402 g/mol. The average Bonchev–Trinajstić information content (AvgIpc) is 2.77. The van der Waals surface area contributed by atoms with Crippen LogP contribution in [0.4, 0.5) is 4.39 Å². The fourth-order valence-electron chi connectivity index (χ4n) is 3.19. The van der Waals surface area contributed by atoms with Gasteiger partial charge in [-0.3, -0.25) is 14.2 Å². The van der Waals surface area contributed by atoms with E-state index in [4.69, 9.17) is 0 Å². The lowest BCUT2D eigenvalue weighted by Gasteiger charge is -2.12. The van der Waals surface area contributed by atoms with Gasteiger partial charge in [-0.1, -0.05) is 42.5 Å². The highest BCUT2D eigenvalue weighted by atomic mass is 19.1. The van der Waals surface area contributed by atoms with Crippen molar-refractivity contribution in [2.45, 2.75) is 13.0 Å². The Kier molecular flexibility index (Phi) is 5.61. The molecule has 2 heterocycles. The van der Waals surface area contributed by atoms with Crippen LogP contribution in [0.3, 0.4) is 0 Å². The number of hydrogen-bond donors (Lipinski definition) is 1. The van der Waals surface area contributed by atoms with E-state index in [0.29, 0.717) is 24.1 Å². The zero-order chi connectivity index (χ0) is 20.9. The number of amides is 1. The fourth-order valence-corrected chi connectivity index (χ4v) is 3.19. The number of aromatic nitrogens is 3. The van der Waals surface area contributed by atoms with E-state index in [1.54, 1.807) is 30.5 Å². The summed E-state index contributed by atoms with van der Waals surface area (Å²) in [4.78, 5) is 34.3. The van der Waals surface area contributed by atoms with Gasteiger partial charge in [0.25, 0.3) is 11.5 Å². The van der Waals surface area contributed by atoms with Crippen LogP contribution in [0, 0.1) is 5.82 Å². The van der Waals surface area contributed by atoms with Gasteiger partial charge in [0, 0.05) is 12.7 Å². The largest absolute Gasteiger partial charge is 0.350 e. The summed E-state index contributed by atoms with van der Waals surface area (Å²) in [6.45, 7) is 0.584. The summed E-state index contributed by atoms with van der Waals surface area (Å²) >= 11 is 0. The minimum Gasteiger partial charge on any atom is -0.350 e. The first-order valence-corrected chi connectivity index (χ1v) is 9.54. The number of benzene rings is 2. The van der Waals surface area contributed by atoms with Crippen molar-refractivity contribution in [2.24, 2.45) is 0 Å². The Balaban J connectivity index is 1.60. The summed E-state index contributed by atoms with van der Waals surface area (Å²) in [7, 11) is 0. The molecule has 0 saturated heterocycles. The number of halogens is 1. The Morgan fingerprint density at radius 3 is 2.50 bits per heavy atom. The lowest BCUT2D eigenvalue weighted by Crippen LogP contribution is -2.36. The Hall–Kier alpha value is -3.87. The van der Waals surface area contributed by atoms with E-state index < -0.39 is 11.5 Å². The van der Waals surface area contributed by atoms with Gasteiger partial charge < -0.3 is 5.32 Å².